The number of anilines is 1. The number of hydrogen-bond acceptors (Lipinski definition) is 4. The van der Waals surface area contributed by atoms with E-state index in [-0.39, 0.29) is 18.9 Å². The lowest BCUT2D eigenvalue weighted by atomic mass is 10.3. The van der Waals surface area contributed by atoms with Crippen LogP contribution in [0.2, 0.25) is 0 Å². The summed E-state index contributed by atoms with van der Waals surface area (Å²) in [6.07, 6.45) is -0.176. The highest BCUT2D eigenvalue weighted by Gasteiger charge is 2.16. The number of esters is 1. The van der Waals surface area contributed by atoms with Gasteiger partial charge in [-0.1, -0.05) is 0 Å². The van der Waals surface area contributed by atoms with Crippen LogP contribution in [-0.4, -0.2) is 27.2 Å². The highest BCUT2D eigenvalue weighted by Crippen LogP contribution is 2.19. The molecule has 0 radical (unpaired) electrons. The molecule has 1 N–H and O–H groups in total. The van der Waals surface area contributed by atoms with Gasteiger partial charge in [-0.25, -0.2) is 21.6 Å². The molecule has 0 unspecified atom stereocenters. The number of rotatable bonds is 6. The molecule has 112 valence electrons. The predicted octanol–water partition coefficient (Wildman–Crippen LogP) is 1.80. The van der Waals surface area contributed by atoms with Crippen molar-refractivity contribution in [2.45, 2.75) is 12.8 Å². The topological polar surface area (TPSA) is 72.5 Å². The van der Waals surface area contributed by atoms with Crippen LogP contribution in [0.1, 0.15) is 12.8 Å². The summed E-state index contributed by atoms with van der Waals surface area (Å²) < 4.78 is 68.1. The second-order valence-electron chi connectivity index (χ2n) is 3.85. The van der Waals surface area contributed by atoms with Crippen LogP contribution in [0.3, 0.4) is 0 Å². The van der Waals surface area contributed by atoms with Crippen molar-refractivity contribution in [1.82, 2.24) is 0 Å². The molecule has 0 atom stereocenters. The number of halogens is 3. The van der Waals surface area contributed by atoms with Crippen molar-refractivity contribution >= 4 is 21.7 Å². The molecule has 20 heavy (non-hydrogen) atoms. The number of hydrogen-bond donors (Lipinski definition) is 1. The summed E-state index contributed by atoms with van der Waals surface area (Å²) >= 11 is 0. The molecule has 0 aliphatic heterocycles. The Labute approximate surface area is 113 Å². The second kappa shape index (κ2) is 6.60. The molecule has 5 nitrogen and oxygen atoms in total. The molecule has 0 aromatic heterocycles. The normalized spacial score (nSPS) is 11.2. The SMILES string of the molecule is COC(=O)CCCS(=O)(=O)Nc1cc(F)c(F)cc1F. The van der Waals surface area contributed by atoms with E-state index in [1.54, 1.807) is 4.72 Å². The Balaban J connectivity index is 2.71. The van der Waals surface area contributed by atoms with E-state index in [4.69, 9.17) is 0 Å². The van der Waals surface area contributed by atoms with Crippen molar-refractivity contribution in [3.05, 3.63) is 29.6 Å². The molecular formula is C11H12F3NO4S. The third-order valence-corrected chi connectivity index (χ3v) is 3.65. The van der Waals surface area contributed by atoms with Crippen molar-refractivity contribution in [1.29, 1.82) is 0 Å². The number of ether oxygens (including phenoxy) is 1. The number of sulfonamides is 1. The van der Waals surface area contributed by atoms with Crippen LogP contribution in [0.4, 0.5) is 18.9 Å². The lowest BCUT2D eigenvalue weighted by Crippen LogP contribution is -2.18. The first-order valence-electron chi connectivity index (χ1n) is 5.47. The molecule has 0 bridgehead atoms. The van der Waals surface area contributed by atoms with Gasteiger partial charge in [-0.15, -0.1) is 0 Å². The fourth-order valence-electron chi connectivity index (χ4n) is 1.33. The molecule has 1 aromatic rings. The third kappa shape index (κ3) is 4.72. The van der Waals surface area contributed by atoms with E-state index in [1.165, 1.54) is 0 Å². The zero-order chi connectivity index (χ0) is 15.3. The van der Waals surface area contributed by atoms with Crippen LogP contribution in [0.15, 0.2) is 12.1 Å². The van der Waals surface area contributed by atoms with E-state index in [0.29, 0.717) is 6.07 Å². The Morgan fingerprint density at radius 2 is 1.80 bits per heavy atom. The molecule has 1 rings (SSSR count). The van der Waals surface area contributed by atoms with Crippen LogP contribution in [0.25, 0.3) is 0 Å². The maximum atomic E-state index is 13.3. The van der Waals surface area contributed by atoms with Crippen LogP contribution in [-0.2, 0) is 19.6 Å². The Morgan fingerprint density at radius 3 is 2.40 bits per heavy atom. The number of benzene rings is 1. The Hall–Kier alpha value is -1.77. The summed E-state index contributed by atoms with van der Waals surface area (Å²) in [4.78, 5) is 10.8. The minimum atomic E-state index is -3.98. The Bertz CT molecular complexity index is 604. The molecule has 0 heterocycles. The largest absolute Gasteiger partial charge is 0.469 e. The van der Waals surface area contributed by atoms with Crippen molar-refractivity contribution in [3.8, 4) is 0 Å². The van der Waals surface area contributed by atoms with E-state index >= 15 is 0 Å². The molecule has 9 heteroatoms. The van der Waals surface area contributed by atoms with Gasteiger partial charge < -0.3 is 4.74 Å². The minimum Gasteiger partial charge on any atom is -0.469 e. The number of nitrogens with one attached hydrogen (secondary N) is 1. The summed E-state index contributed by atoms with van der Waals surface area (Å²) in [7, 11) is -2.82. The smallest absolute Gasteiger partial charge is 0.305 e. The van der Waals surface area contributed by atoms with Crippen LogP contribution < -0.4 is 4.72 Å². The van der Waals surface area contributed by atoms with Gasteiger partial charge in [-0.3, -0.25) is 9.52 Å². The van der Waals surface area contributed by atoms with E-state index in [0.717, 1.165) is 7.11 Å². The number of carbonyl (C=O) groups excluding carboxylic acids is 1. The van der Waals surface area contributed by atoms with Gasteiger partial charge in [0.15, 0.2) is 11.6 Å². The summed E-state index contributed by atoms with van der Waals surface area (Å²) in [5, 5.41) is 0. The van der Waals surface area contributed by atoms with Crippen molar-refractivity contribution < 1.29 is 31.1 Å². The molecule has 1 aromatic carbocycles. The average Bonchev–Trinajstić information content (AvgIpc) is 2.35. The van der Waals surface area contributed by atoms with Crippen LogP contribution >= 0.6 is 0 Å². The molecule has 0 fully saturated rings. The first kappa shape index (κ1) is 16.3. The monoisotopic (exact) mass is 311 g/mol. The van der Waals surface area contributed by atoms with Gasteiger partial charge in [0, 0.05) is 18.6 Å². The quantitative estimate of drug-likeness (QED) is 0.642. The maximum Gasteiger partial charge on any atom is 0.305 e. The predicted molar refractivity (Wildman–Crippen MR) is 65.0 cm³/mol. The van der Waals surface area contributed by atoms with E-state index in [9.17, 15) is 26.4 Å². The lowest BCUT2D eigenvalue weighted by Gasteiger charge is -2.09. The van der Waals surface area contributed by atoms with Gasteiger partial charge >= 0.3 is 5.97 Å². The highest BCUT2D eigenvalue weighted by atomic mass is 32.2. The van der Waals surface area contributed by atoms with Gasteiger partial charge in [-0.2, -0.15) is 0 Å². The van der Waals surface area contributed by atoms with Gasteiger partial charge in [0.25, 0.3) is 0 Å². The molecular weight excluding hydrogens is 299 g/mol. The fourth-order valence-corrected chi connectivity index (χ4v) is 2.45. The van der Waals surface area contributed by atoms with Gasteiger partial charge in [0.1, 0.15) is 5.82 Å². The molecule has 0 aliphatic rings. The van der Waals surface area contributed by atoms with Crippen molar-refractivity contribution in [3.63, 3.8) is 0 Å². The molecule has 0 amide bonds. The maximum absolute atomic E-state index is 13.3. The molecule has 0 aliphatic carbocycles. The molecule has 0 spiro atoms. The summed E-state index contributed by atoms with van der Waals surface area (Å²) in [5.74, 6) is -5.10. The van der Waals surface area contributed by atoms with Crippen molar-refractivity contribution in [2.75, 3.05) is 17.6 Å². The van der Waals surface area contributed by atoms with Crippen molar-refractivity contribution in [2.24, 2.45) is 0 Å². The lowest BCUT2D eigenvalue weighted by molar-refractivity contribution is -0.140. The minimum absolute atomic E-state index is 0.0483. The third-order valence-electron chi connectivity index (χ3n) is 2.30. The number of carbonyl (C=O) groups is 1. The summed E-state index contributed by atoms with van der Waals surface area (Å²) in [6.45, 7) is 0. The fraction of sp³-hybridized carbons (Fsp3) is 0.364. The second-order valence-corrected chi connectivity index (χ2v) is 5.69. The highest BCUT2D eigenvalue weighted by molar-refractivity contribution is 7.92. The average molecular weight is 311 g/mol. The molecule has 0 saturated heterocycles. The van der Waals surface area contributed by atoms with E-state index < -0.39 is 44.9 Å². The zero-order valence-corrected chi connectivity index (χ0v) is 11.3. The summed E-state index contributed by atoms with van der Waals surface area (Å²) in [6, 6.07) is 0.643. The van der Waals surface area contributed by atoms with Crippen LogP contribution in [0, 0.1) is 17.5 Å². The first-order chi connectivity index (χ1) is 9.25. The number of methoxy groups -OCH3 is 1. The standard InChI is InChI=1S/C11H12F3NO4S/c1-19-11(16)3-2-4-20(17,18)15-10-6-8(13)7(12)5-9(10)14/h5-6,15H,2-4H2,1H3. The Morgan fingerprint density at radius 1 is 1.20 bits per heavy atom. The Kier molecular flexibility index (Phi) is 5.37. The molecule has 0 saturated carbocycles. The van der Waals surface area contributed by atoms with Gasteiger partial charge in [0.2, 0.25) is 10.0 Å². The first-order valence-corrected chi connectivity index (χ1v) is 7.12. The van der Waals surface area contributed by atoms with Gasteiger partial charge in [-0.05, 0) is 6.42 Å². The van der Waals surface area contributed by atoms with E-state index in [2.05, 4.69) is 4.74 Å². The van der Waals surface area contributed by atoms with Gasteiger partial charge in [0.05, 0.1) is 18.6 Å². The summed E-state index contributed by atoms with van der Waals surface area (Å²) in [5.41, 5.74) is -0.693. The van der Waals surface area contributed by atoms with Crippen LogP contribution in [0.5, 0.6) is 0 Å². The zero-order valence-electron chi connectivity index (χ0n) is 10.5. The van der Waals surface area contributed by atoms with E-state index in [1.807, 2.05) is 0 Å².